The van der Waals surface area contributed by atoms with Crippen LogP contribution in [0.3, 0.4) is 0 Å². The van der Waals surface area contributed by atoms with Gasteiger partial charge in [-0.3, -0.25) is 9.59 Å². The Morgan fingerprint density at radius 3 is 2.80 bits per heavy atom. The van der Waals surface area contributed by atoms with E-state index < -0.39 is 19.1 Å². The number of ketones is 1. The molecule has 2 rings (SSSR count). The van der Waals surface area contributed by atoms with Crippen molar-refractivity contribution in [1.82, 2.24) is 4.81 Å². The lowest BCUT2D eigenvalue weighted by atomic mass is 9.79. The number of benzene rings is 1. The first-order chi connectivity index (χ1) is 9.58. The normalized spacial score (nSPS) is 19.7. The fourth-order valence-electron chi connectivity index (χ4n) is 2.34. The molecule has 0 amide bonds. The standard InChI is InChI=1S/C14H18BNO4/c1-15(19)16-8-7-12(17)9-13(16)14(18)20-10-11-5-3-2-4-6-11/h2-6,13,19H,7-10H2,1H3/t13-/m1/s1. The molecule has 1 aromatic rings. The summed E-state index contributed by atoms with van der Waals surface area (Å²) in [6.45, 7) is 2.16. The molecule has 6 heteroatoms. The van der Waals surface area contributed by atoms with Gasteiger partial charge in [0, 0.05) is 12.8 Å². The van der Waals surface area contributed by atoms with Crippen molar-refractivity contribution in [2.24, 2.45) is 0 Å². The summed E-state index contributed by atoms with van der Waals surface area (Å²) in [5.74, 6) is -0.425. The van der Waals surface area contributed by atoms with Crippen LogP contribution < -0.4 is 0 Å². The molecule has 1 aliphatic heterocycles. The smallest absolute Gasteiger partial charge is 0.377 e. The number of carbonyl (C=O) groups excluding carboxylic acids is 2. The van der Waals surface area contributed by atoms with E-state index >= 15 is 0 Å². The molecule has 0 aliphatic carbocycles. The molecule has 20 heavy (non-hydrogen) atoms. The predicted molar refractivity (Wildman–Crippen MR) is 74.8 cm³/mol. The lowest BCUT2D eigenvalue weighted by Gasteiger charge is -2.33. The number of rotatable bonds is 4. The molecule has 0 saturated carbocycles. The minimum atomic E-state index is -0.766. The van der Waals surface area contributed by atoms with Crippen LogP contribution in [-0.2, 0) is 20.9 Å². The monoisotopic (exact) mass is 275 g/mol. The second-order valence-corrected chi connectivity index (χ2v) is 4.97. The first-order valence-electron chi connectivity index (χ1n) is 6.74. The van der Waals surface area contributed by atoms with Crippen LogP contribution in [0.4, 0.5) is 0 Å². The van der Waals surface area contributed by atoms with Crippen molar-refractivity contribution in [3.8, 4) is 0 Å². The fraction of sp³-hybridized carbons (Fsp3) is 0.429. The van der Waals surface area contributed by atoms with Crippen LogP contribution in [0.1, 0.15) is 18.4 Å². The van der Waals surface area contributed by atoms with Crippen LogP contribution >= 0.6 is 0 Å². The molecule has 1 aromatic carbocycles. The molecule has 0 spiro atoms. The summed E-state index contributed by atoms with van der Waals surface area (Å²) in [5, 5.41) is 9.67. The molecule has 1 saturated heterocycles. The van der Waals surface area contributed by atoms with Gasteiger partial charge >= 0.3 is 13.0 Å². The topological polar surface area (TPSA) is 66.8 Å². The van der Waals surface area contributed by atoms with Crippen molar-refractivity contribution in [1.29, 1.82) is 0 Å². The largest absolute Gasteiger partial charge is 0.460 e. The number of nitrogens with zero attached hydrogens (tertiary/aromatic N) is 1. The molecule has 0 bridgehead atoms. The zero-order valence-electron chi connectivity index (χ0n) is 11.5. The molecule has 1 atom stereocenters. The maximum absolute atomic E-state index is 12.1. The van der Waals surface area contributed by atoms with Crippen LogP contribution in [0.25, 0.3) is 0 Å². The molecular formula is C14H18BNO4. The Morgan fingerprint density at radius 2 is 2.15 bits per heavy atom. The molecular weight excluding hydrogens is 257 g/mol. The molecule has 106 valence electrons. The highest BCUT2D eigenvalue weighted by atomic mass is 16.5. The van der Waals surface area contributed by atoms with Crippen molar-refractivity contribution in [2.45, 2.75) is 32.3 Å². The summed E-state index contributed by atoms with van der Waals surface area (Å²) in [5.41, 5.74) is 0.895. The summed E-state index contributed by atoms with van der Waals surface area (Å²) in [7, 11) is -0.766. The van der Waals surface area contributed by atoms with Gasteiger partial charge in [-0.25, -0.2) is 0 Å². The van der Waals surface area contributed by atoms with E-state index in [2.05, 4.69) is 0 Å². The Kier molecular flexibility index (Phi) is 4.92. The molecule has 0 radical (unpaired) electrons. The Labute approximate surface area is 118 Å². The molecule has 0 unspecified atom stereocenters. The van der Waals surface area contributed by atoms with Gasteiger partial charge in [0.2, 0.25) is 0 Å². The van der Waals surface area contributed by atoms with E-state index in [1.54, 1.807) is 11.6 Å². The summed E-state index contributed by atoms with van der Waals surface area (Å²) >= 11 is 0. The lowest BCUT2D eigenvalue weighted by Crippen LogP contribution is -2.53. The molecule has 1 fully saturated rings. The van der Waals surface area contributed by atoms with E-state index in [0.717, 1.165) is 5.56 Å². The van der Waals surface area contributed by atoms with Gasteiger partial charge in [-0.15, -0.1) is 0 Å². The number of hydrogen-bond donors (Lipinski definition) is 1. The SMILES string of the molecule is CB(O)N1CCC(=O)C[C@@H]1C(=O)OCc1ccccc1. The zero-order chi connectivity index (χ0) is 14.5. The third kappa shape index (κ3) is 3.68. The number of esters is 1. The highest BCUT2D eigenvalue weighted by Gasteiger charge is 2.37. The second-order valence-electron chi connectivity index (χ2n) is 4.97. The Bertz CT molecular complexity index is 477. The number of piperidine rings is 1. The van der Waals surface area contributed by atoms with E-state index in [1.807, 2.05) is 30.3 Å². The van der Waals surface area contributed by atoms with Gasteiger partial charge in [0.05, 0.1) is 0 Å². The highest BCUT2D eigenvalue weighted by molar-refractivity contribution is 6.46. The fourth-order valence-corrected chi connectivity index (χ4v) is 2.34. The third-order valence-electron chi connectivity index (χ3n) is 3.45. The molecule has 5 nitrogen and oxygen atoms in total. The van der Waals surface area contributed by atoms with E-state index in [0.29, 0.717) is 13.0 Å². The first kappa shape index (κ1) is 14.7. The third-order valence-corrected chi connectivity index (χ3v) is 3.45. The summed E-state index contributed by atoms with van der Waals surface area (Å²) < 4.78 is 5.25. The van der Waals surface area contributed by atoms with Gasteiger partial charge < -0.3 is 14.6 Å². The van der Waals surface area contributed by atoms with Crippen LogP contribution in [0.2, 0.25) is 6.82 Å². The average molecular weight is 275 g/mol. The van der Waals surface area contributed by atoms with Crippen molar-refractivity contribution in [3.63, 3.8) is 0 Å². The van der Waals surface area contributed by atoms with Crippen molar-refractivity contribution in [2.75, 3.05) is 6.54 Å². The van der Waals surface area contributed by atoms with Gasteiger partial charge in [0.15, 0.2) is 0 Å². The number of hydrogen-bond acceptors (Lipinski definition) is 5. The van der Waals surface area contributed by atoms with Gasteiger partial charge in [-0.1, -0.05) is 30.3 Å². The van der Waals surface area contributed by atoms with Crippen LogP contribution in [0.5, 0.6) is 0 Å². The van der Waals surface area contributed by atoms with Gasteiger partial charge in [0.1, 0.15) is 18.4 Å². The maximum Gasteiger partial charge on any atom is 0.377 e. The van der Waals surface area contributed by atoms with Gasteiger partial charge in [-0.05, 0) is 18.9 Å². The van der Waals surface area contributed by atoms with E-state index in [9.17, 15) is 14.6 Å². The number of Topliss-reactive ketones (excluding diaryl/α,β-unsaturated/α-hetero) is 1. The second kappa shape index (κ2) is 6.68. The Hall–Kier alpha value is -1.66. The van der Waals surface area contributed by atoms with E-state index in [1.165, 1.54) is 0 Å². The average Bonchev–Trinajstić information content (AvgIpc) is 2.45. The maximum atomic E-state index is 12.1. The van der Waals surface area contributed by atoms with E-state index in [4.69, 9.17) is 4.74 Å². The summed E-state index contributed by atoms with van der Waals surface area (Å²) in [6.07, 6.45) is 0.478. The van der Waals surface area contributed by atoms with Crippen LogP contribution in [0, 0.1) is 0 Å². The molecule has 1 aliphatic rings. The highest BCUT2D eigenvalue weighted by Crippen LogP contribution is 2.17. The predicted octanol–water partition coefficient (Wildman–Crippen LogP) is 0.874. The van der Waals surface area contributed by atoms with Crippen LogP contribution in [-0.4, -0.2) is 41.2 Å². The molecule has 1 N–H and O–H groups in total. The summed E-state index contributed by atoms with van der Waals surface area (Å²) in [6, 6.07) is 8.68. The first-order valence-corrected chi connectivity index (χ1v) is 6.74. The van der Waals surface area contributed by atoms with Gasteiger partial charge in [0.25, 0.3) is 0 Å². The van der Waals surface area contributed by atoms with Crippen LogP contribution in [0.15, 0.2) is 30.3 Å². The minimum absolute atomic E-state index is 0.0311. The molecule has 0 aromatic heterocycles. The van der Waals surface area contributed by atoms with Crippen molar-refractivity contribution < 1.29 is 19.3 Å². The zero-order valence-corrected chi connectivity index (χ0v) is 11.5. The van der Waals surface area contributed by atoms with Gasteiger partial charge in [-0.2, -0.15) is 0 Å². The molecule has 1 heterocycles. The van der Waals surface area contributed by atoms with Crippen molar-refractivity contribution in [3.05, 3.63) is 35.9 Å². The quantitative estimate of drug-likeness (QED) is 0.652. The lowest BCUT2D eigenvalue weighted by molar-refractivity contribution is -0.152. The number of carbonyl (C=O) groups is 2. The Morgan fingerprint density at radius 1 is 1.45 bits per heavy atom. The minimum Gasteiger partial charge on any atom is -0.460 e. The summed E-state index contributed by atoms with van der Waals surface area (Å²) in [4.78, 5) is 25.2. The number of ether oxygens (including phenoxy) is 1. The Balaban J connectivity index is 1.97. The van der Waals surface area contributed by atoms with E-state index in [-0.39, 0.29) is 18.8 Å². The van der Waals surface area contributed by atoms with Crippen molar-refractivity contribution >= 4 is 18.8 Å².